The van der Waals surface area contributed by atoms with Gasteiger partial charge in [-0.2, -0.15) is 5.10 Å². The molecule has 0 aliphatic heterocycles. The van der Waals surface area contributed by atoms with Crippen molar-refractivity contribution in [3.8, 4) is 0 Å². The molecule has 0 saturated carbocycles. The zero-order chi connectivity index (χ0) is 13.1. The summed E-state index contributed by atoms with van der Waals surface area (Å²) >= 11 is 0. The van der Waals surface area contributed by atoms with Gasteiger partial charge in [0.25, 0.3) is 5.91 Å². The number of aromatic nitrogens is 2. The maximum absolute atomic E-state index is 11.7. The molecule has 7 nitrogen and oxygen atoms in total. The smallest absolute Gasteiger partial charge is 0.271 e. The molecule has 0 bridgehead atoms. The Morgan fingerprint density at radius 1 is 1.71 bits per heavy atom. The van der Waals surface area contributed by atoms with Crippen LogP contribution in [0.25, 0.3) is 0 Å². The molecule has 1 aromatic heterocycles. The van der Waals surface area contributed by atoms with Gasteiger partial charge in [-0.15, -0.1) is 0 Å². The van der Waals surface area contributed by atoms with E-state index in [2.05, 4.69) is 15.6 Å². The number of carbonyl (C=O) groups excluding carboxylic acids is 1. The molecule has 0 atom stereocenters. The Bertz CT molecular complexity index is 436. The molecule has 0 unspecified atom stereocenters. The predicted octanol–water partition coefficient (Wildman–Crippen LogP) is -0.0775. The molecule has 1 rings (SSSR count). The Labute approximate surface area is 99.3 Å². The van der Waals surface area contributed by atoms with Gasteiger partial charge in [0.05, 0.1) is 0 Å². The highest BCUT2D eigenvalue weighted by Crippen LogP contribution is 2.13. The molecule has 0 aliphatic rings. The van der Waals surface area contributed by atoms with E-state index in [4.69, 9.17) is 10.9 Å². The third kappa shape index (κ3) is 3.20. The second kappa shape index (κ2) is 4.86. The van der Waals surface area contributed by atoms with Crippen molar-refractivity contribution in [1.29, 1.82) is 0 Å². The molecule has 1 aromatic rings. The molecule has 7 heteroatoms. The van der Waals surface area contributed by atoms with Crippen LogP contribution in [0.2, 0.25) is 0 Å². The maximum Gasteiger partial charge on any atom is 0.271 e. The lowest BCUT2D eigenvalue weighted by Gasteiger charge is -2.22. The second-order valence-electron chi connectivity index (χ2n) is 4.43. The predicted molar refractivity (Wildman–Crippen MR) is 62.7 cm³/mol. The van der Waals surface area contributed by atoms with E-state index in [1.54, 1.807) is 37.8 Å². The summed E-state index contributed by atoms with van der Waals surface area (Å²) in [5.41, 5.74) is 5.23. The van der Waals surface area contributed by atoms with E-state index < -0.39 is 5.41 Å². The number of amides is 1. The van der Waals surface area contributed by atoms with Gasteiger partial charge in [0.1, 0.15) is 11.5 Å². The van der Waals surface area contributed by atoms with Crippen molar-refractivity contribution >= 4 is 11.7 Å². The number of nitrogens with zero attached hydrogens (tertiary/aromatic N) is 3. The van der Waals surface area contributed by atoms with Gasteiger partial charge in [0.2, 0.25) is 0 Å². The fourth-order valence-electron chi connectivity index (χ4n) is 1.15. The summed E-state index contributed by atoms with van der Waals surface area (Å²) in [6, 6.07) is 1.62. The highest BCUT2D eigenvalue weighted by Gasteiger charge is 2.24. The fourth-order valence-corrected chi connectivity index (χ4v) is 1.15. The lowest BCUT2D eigenvalue weighted by atomic mass is 9.92. The molecule has 0 spiro atoms. The summed E-state index contributed by atoms with van der Waals surface area (Å²) in [4.78, 5) is 11.7. The minimum absolute atomic E-state index is 0.0684. The van der Waals surface area contributed by atoms with Crippen LogP contribution in [-0.4, -0.2) is 33.3 Å². The lowest BCUT2D eigenvalue weighted by molar-refractivity contribution is 0.0938. The van der Waals surface area contributed by atoms with Crippen molar-refractivity contribution in [2.45, 2.75) is 13.8 Å². The first kappa shape index (κ1) is 13.0. The van der Waals surface area contributed by atoms with E-state index in [1.165, 1.54) is 0 Å². The van der Waals surface area contributed by atoms with Crippen molar-refractivity contribution in [3.63, 3.8) is 0 Å². The van der Waals surface area contributed by atoms with E-state index in [1.807, 2.05) is 0 Å². The number of aryl methyl sites for hydroxylation is 1. The van der Waals surface area contributed by atoms with Crippen molar-refractivity contribution in [2.75, 3.05) is 6.54 Å². The minimum atomic E-state index is -0.612. The highest BCUT2D eigenvalue weighted by molar-refractivity contribution is 5.93. The van der Waals surface area contributed by atoms with Crippen LogP contribution in [0.3, 0.4) is 0 Å². The van der Waals surface area contributed by atoms with Crippen LogP contribution in [0, 0.1) is 5.41 Å². The summed E-state index contributed by atoms with van der Waals surface area (Å²) in [7, 11) is 1.73. The highest BCUT2D eigenvalue weighted by atomic mass is 16.4. The van der Waals surface area contributed by atoms with Crippen molar-refractivity contribution < 1.29 is 10.0 Å². The molecular weight excluding hydrogens is 222 g/mol. The molecule has 17 heavy (non-hydrogen) atoms. The van der Waals surface area contributed by atoms with Crippen molar-refractivity contribution in [2.24, 2.45) is 23.4 Å². The standard InChI is InChI=1S/C10H17N5O2/c1-10(2,9(11)14-17)6-12-8(16)7-4-5-15(3)13-7/h4-5,17H,6H2,1-3H3,(H2,11,14)(H,12,16). The van der Waals surface area contributed by atoms with E-state index in [-0.39, 0.29) is 18.3 Å². The number of nitrogens with one attached hydrogen (secondary N) is 1. The molecule has 1 amide bonds. The van der Waals surface area contributed by atoms with Crippen LogP contribution in [0.5, 0.6) is 0 Å². The monoisotopic (exact) mass is 239 g/mol. The summed E-state index contributed by atoms with van der Waals surface area (Å²) in [6.07, 6.45) is 1.68. The molecule has 4 N–H and O–H groups in total. The van der Waals surface area contributed by atoms with Crippen molar-refractivity contribution in [1.82, 2.24) is 15.1 Å². The average molecular weight is 239 g/mol. The van der Waals surface area contributed by atoms with Gasteiger partial charge < -0.3 is 16.3 Å². The Balaban J connectivity index is 2.60. The van der Waals surface area contributed by atoms with E-state index in [0.717, 1.165) is 0 Å². The normalized spacial score (nSPS) is 12.5. The van der Waals surface area contributed by atoms with Crippen molar-refractivity contribution in [3.05, 3.63) is 18.0 Å². The molecule has 0 aromatic carbocycles. The Morgan fingerprint density at radius 2 is 2.35 bits per heavy atom. The third-order valence-corrected chi connectivity index (χ3v) is 2.44. The largest absolute Gasteiger partial charge is 0.409 e. The summed E-state index contributed by atoms with van der Waals surface area (Å²) in [6.45, 7) is 3.79. The van der Waals surface area contributed by atoms with Crippen LogP contribution in [0.4, 0.5) is 0 Å². The van der Waals surface area contributed by atoms with Gasteiger partial charge in [-0.25, -0.2) is 0 Å². The van der Waals surface area contributed by atoms with Crippen LogP contribution in [0.15, 0.2) is 17.4 Å². The number of hydrogen-bond acceptors (Lipinski definition) is 4. The number of hydrogen-bond donors (Lipinski definition) is 3. The number of amidine groups is 1. The minimum Gasteiger partial charge on any atom is -0.409 e. The Kier molecular flexibility index (Phi) is 3.72. The topological polar surface area (TPSA) is 106 Å². The molecule has 0 radical (unpaired) electrons. The summed E-state index contributed by atoms with van der Waals surface area (Å²) < 4.78 is 1.55. The van der Waals surface area contributed by atoms with E-state index in [9.17, 15) is 4.79 Å². The van der Waals surface area contributed by atoms with Crippen LogP contribution < -0.4 is 11.1 Å². The van der Waals surface area contributed by atoms with E-state index >= 15 is 0 Å². The Hall–Kier alpha value is -2.05. The average Bonchev–Trinajstić information content (AvgIpc) is 2.71. The molecular formula is C10H17N5O2. The first-order chi connectivity index (χ1) is 7.86. The number of carbonyl (C=O) groups is 1. The first-order valence-electron chi connectivity index (χ1n) is 5.12. The third-order valence-electron chi connectivity index (χ3n) is 2.44. The van der Waals surface area contributed by atoms with Gasteiger partial charge in [-0.3, -0.25) is 9.48 Å². The van der Waals surface area contributed by atoms with E-state index in [0.29, 0.717) is 5.69 Å². The number of oxime groups is 1. The quantitative estimate of drug-likeness (QED) is 0.296. The van der Waals surface area contributed by atoms with Gasteiger partial charge in [0.15, 0.2) is 0 Å². The lowest BCUT2D eigenvalue weighted by Crippen LogP contribution is -2.42. The van der Waals surface area contributed by atoms with Gasteiger partial charge in [-0.1, -0.05) is 19.0 Å². The number of rotatable bonds is 4. The molecule has 0 aliphatic carbocycles. The summed E-state index contributed by atoms with van der Waals surface area (Å²) in [5, 5.41) is 18.2. The zero-order valence-electron chi connectivity index (χ0n) is 10.1. The van der Waals surface area contributed by atoms with Gasteiger partial charge in [0, 0.05) is 25.2 Å². The van der Waals surface area contributed by atoms with Gasteiger partial charge in [-0.05, 0) is 6.07 Å². The zero-order valence-corrected chi connectivity index (χ0v) is 10.1. The Morgan fingerprint density at radius 3 is 2.82 bits per heavy atom. The fraction of sp³-hybridized carbons (Fsp3) is 0.500. The maximum atomic E-state index is 11.7. The molecule has 1 heterocycles. The SMILES string of the molecule is Cn1ccc(C(=O)NCC(C)(C)/C(N)=N/O)n1. The summed E-state index contributed by atoms with van der Waals surface area (Å²) in [5.74, 6) is -0.219. The van der Waals surface area contributed by atoms with Crippen LogP contribution in [-0.2, 0) is 7.05 Å². The molecule has 94 valence electrons. The second-order valence-corrected chi connectivity index (χ2v) is 4.43. The molecule has 0 fully saturated rings. The number of nitrogens with two attached hydrogens (primary N) is 1. The van der Waals surface area contributed by atoms with Crippen LogP contribution >= 0.6 is 0 Å². The van der Waals surface area contributed by atoms with Gasteiger partial charge >= 0.3 is 0 Å². The van der Waals surface area contributed by atoms with Crippen LogP contribution in [0.1, 0.15) is 24.3 Å². The molecule has 0 saturated heterocycles. The first-order valence-corrected chi connectivity index (χ1v) is 5.12.